The van der Waals surface area contributed by atoms with Crippen LogP contribution in [0.3, 0.4) is 0 Å². The van der Waals surface area contributed by atoms with Crippen molar-refractivity contribution in [2.24, 2.45) is 0 Å². The van der Waals surface area contributed by atoms with Crippen molar-refractivity contribution in [3.63, 3.8) is 0 Å². The molecule has 2 unspecified atom stereocenters. The Morgan fingerprint density at radius 2 is 1.11 bits per heavy atom. The van der Waals surface area contributed by atoms with Gasteiger partial charge in [-0.15, -0.1) is 0 Å². The highest BCUT2D eigenvalue weighted by Gasteiger charge is 2.30. The smallest absolute Gasteiger partial charge is 0.330 e. The second-order valence-corrected chi connectivity index (χ2v) is 10.1. The predicted octanol–water partition coefficient (Wildman–Crippen LogP) is 8.16. The van der Waals surface area contributed by atoms with Crippen LogP contribution in [0.4, 0.5) is 17.1 Å². The van der Waals surface area contributed by atoms with Gasteiger partial charge in [0.2, 0.25) is 0 Å². The van der Waals surface area contributed by atoms with Crippen molar-refractivity contribution in [2.75, 3.05) is 19.1 Å². The molecule has 7 nitrogen and oxygen atoms in total. The number of esters is 2. The average Bonchev–Trinajstić information content (AvgIpc) is 3.06. The molecular weight excluding hydrogens is 554 g/mol. The molecule has 0 aliphatic heterocycles. The van der Waals surface area contributed by atoms with Crippen molar-refractivity contribution < 1.29 is 28.5 Å². The highest BCUT2D eigenvalue weighted by Crippen LogP contribution is 2.38. The minimum Gasteiger partial charge on any atom is -0.497 e. The Hall–Kier alpha value is -5.30. The van der Waals surface area contributed by atoms with Crippen LogP contribution in [0, 0.1) is 0 Å². The van der Waals surface area contributed by atoms with Crippen LogP contribution in [-0.2, 0) is 19.1 Å². The number of hydrogen-bond donors (Lipinski definition) is 0. The van der Waals surface area contributed by atoms with Crippen molar-refractivity contribution in [1.29, 1.82) is 0 Å². The lowest BCUT2D eigenvalue weighted by Crippen LogP contribution is -2.32. The molecule has 0 heterocycles. The molecule has 4 aromatic rings. The van der Waals surface area contributed by atoms with Crippen molar-refractivity contribution in [1.82, 2.24) is 0 Å². The first-order valence-corrected chi connectivity index (χ1v) is 14.2. The molecule has 7 heteroatoms. The number of rotatable bonds is 13. The molecule has 226 valence electrons. The van der Waals surface area contributed by atoms with E-state index in [4.69, 9.17) is 18.9 Å². The quantitative estimate of drug-likeness (QED) is 0.115. The van der Waals surface area contributed by atoms with Gasteiger partial charge in [-0.2, -0.15) is 0 Å². The first-order valence-electron chi connectivity index (χ1n) is 14.2. The van der Waals surface area contributed by atoms with E-state index in [1.807, 2.05) is 72.8 Å². The normalized spacial score (nSPS) is 12.6. The van der Waals surface area contributed by atoms with Gasteiger partial charge >= 0.3 is 11.9 Å². The summed E-state index contributed by atoms with van der Waals surface area (Å²) >= 11 is 0. The molecule has 4 aromatic carbocycles. The van der Waals surface area contributed by atoms with Crippen molar-refractivity contribution >= 4 is 29.0 Å². The monoisotopic (exact) mass is 591 g/mol. The number of hydrogen-bond acceptors (Lipinski definition) is 7. The number of nitrogens with zero attached hydrogens (tertiary/aromatic N) is 1. The predicted molar refractivity (Wildman–Crippen MR) is 174 cm³/mol. The fraction of sp³-hybridized carbons (Fsp3) is 0.189. The van der Waals surface area contributed by atoms with Crippen LogP contribution >= 0.6 is 0 Å². The third kappa shape index (κ3) is 7.55. The van der Waals surface area contributed by atoms with Gasteiger partial charge < -0.3 is 23.8 Å². The highest BCUT2D eigenvalue weighted by atomic mass is 16.6. The van der Waals surface area contributed by atoms with Crippen LogP contribution in [0.25, 0.3) is 11.1 Å². The Morgan fingerprint density at radius 1 is 0.636 bits per heavy atom. The lowest BCUT2D eigenvalue weighted by molar-refractivity contribution is -0.149. The van der Waals surface area contributed by atoms with Gasteiger partial charge in [-0.3, -0.25) is 0 Å². The standard InChI is InChI=1S/C37H37NO6/c1-7-35(39)43-25(3)37(26(4)44-36(40)8-2)29-14-12-27(13-15-29)28-16-18-30(19-17-28)38(31-20-22-33(41-5)23-21-31)32-10-9-11-34(24-32)42-6/h7-26,37H,1-2H2,3-6H3. The van der Waals surface area contributed by atoms with E-state index < -0.39 is 30.1 Å². The van der Waals surface area contributed by atoms with E-state index in [1.54, 1.807) is 28.1 Å². The maximum absolute atomic E-state index is 11.9. The summed E-state index contributed by atoms with van der Waals surface area (Å²) in [6.07, 6.45) is 1.09. The summed E-state index contributed by atoms with van der Waals surface area (Å²) in [7, 11) is 3.30. The zero-order valence-corrected chi connectivity index (χ0v) is 25.4. The molecule has 44 heavy (non-hydrogen) atoms. The molecule has 0 amide bonds. The number of anilines is 3. The molecule has 0 saturated heterocycles. The van der Waals surface area contributed by atoms with Crippen molar-refractivity contribution in [3.8, 4) is 22.6 Å². The Morgan fingerprint density at radius 3 is 1.59 bits per heavy atom. The van der Waals surface area contributed by atoms with Gasteiger partial charge in [0.15, 0.2) is 0 Å². The molecule has 0 spiro atoms. The summed E-state index contributed by atoms with van der Waals surface area (Å²) in [5.41, 5.74) is 5.79. The van der Waals surface area contributed by atoms with Crippen LogP contribution in [0.15, 0.2) is 122 Å². The number of methoxy groups -OCH3 is 2. The average molecular weight is 592 g/mol. The van der Waals surface area contributed by atoms with Gasteiger partial charge in [-0.25, -0.2) is 9.59 Å². The van der Waals surface area contributed by atoms with E-state index >= 15 is 0 Å². The third-order valence-electron chi connectivity index (χ3n) is 7.35. The zero-order chi connectivity index (χ0) is 31.6. The molecule has 0 aromatic heterocycles. The van der Waals surface area contributed by atoms with Crippen LogP contribution in [0.5, 0.6) is 11.5 Å². The molecule has 0 N–H and O–H groups in total. The highest BCUT2D eigenvalue weighted by molar-refractivity contribution is 5.82. The molecule has 0 bridgehead atoms. The topological polar surface area (TPSA) is 74.3 Å². The third-order valence-corrected chi connectivity index (χ3v) is 7.35. The molecule has 0 saturated carbocycles. The van der Waals surface area contributed by atoms with Crippen LogP contribution < -0.4 is 14.4 Å². The van der Waals surface area contributed by atoms with E-state index in [1.165, 1.54) is 0 Å². The van der Waals surface area contributed by atoms with Gasteiger partial charge in [0.25, 0.3) is 0 Å². The second kappa shape index (κ2) is 14.7. The Bertz CT molecular complexity index is 1550. The van der Waals surface area contributed by atoms with Gasteiger partial charge in [-0.05, 0) is 79.1 Å². The van der Waals surface area contributed by atoms with Gasteiger partial charge in [0.1, 0.15) is 23.7 Å². The lowest BCUT2D eigenvalue weighted by Gasteiger charge is -2.29. The fourth-order valence-electron chi connectivity index (χ4n) is 5.16. The fourth-order valence-corrected chi connectivity index (χ4v) is 5.16. The van der Waals surface area contributed by atoms with E-state index in [-0.39, 0.29) is 0 Å². The van der Waals surface area contributed by atoms with Crippen LogP contribution in [0.1, 0.15) is 25.3 Å². The summed E-state index contributed by atoms with van der Waals surface area (Å²) in [6, 6.07) is 32.0. The van der Waals surface area contributed by atoms with Gasteiger partial charge in [0, 0.05) is 35.3 Å². The number of benzene rings is 4. The number of ether oxygens (including phenoxy) is 4. The van der Waals surface area contributed by atoms with Crippen LogP contribution in [-0.4, -0.2) is 38.4 Å². The van der Waals surface area contributed by atoms with E-state index in [9.17, 15) is 9.59 Å². The minimum absolute atomic E-state index is 0.403. The second-order valence-electron chi connectivity index (χ2n) is 10.1. The summed E-state index contributed by atoms with van der Waals surface area (Å²) < 4.78 is 21.9. The molecule has 4 rings (SSSR count). The number of carbonyl (C=O) groups excluding carboxylic acids is 2. The Labute approximate surface area is 259 Å². The maximum Gasteiger partial charge on any atom is 0.330 e. The molecule has 2 atom stereocenters. The van der Waals surface area contributed by atoms with Crippen molar-refractivity contribution in [2.45, 2.75) is 32.0 Å². The molecule has 0 aliphatic rings. The Kier molecular flexibility index (Phi) is 10.6. The minimum atomic E-state index is -0.571. The first-order chi connectivity index (χ1) is 21.3. The summed E-state index contributed by atoms with van der Waals surface area (Å²) in [4.78, 5) is 26.0. The van der Waals surface area contributed by atoms with Gasteiger partial charge in [0.05, 0.1) is 20.1 Å². The largest absolute Gasteiger partial charge is 0.497 e. The van der Waals surface area contributed by atoms with Crippen LogP contribution in [0.2, 0.25) is 0 Å². The molecule has 0 aliphatic carbocycles. The van der Waals surface area contributed by atoms with E-state index in [0.29, 0.717) is 0 Å². The number of carbonyl (C=O) groups is 2. The summed E-state index contributed by atoms with van der Waals surface area (Å²) in [6.45, 7) is 10.5. The zero-order valence-electron chi connectivity index (χ0n) is 25.4. The summed E-state index contributed by atoms with van der Waals surface area (Å²) in [5.74, 6) is 0.0541. The molecule has 0 fully saturated rings. The van der Waals surface area contributed by atoms with E-state index in [2.05, 4.69) is 42.3 Å². The first kappa shape index (κ1) is 31.6. The van der Waals surface area contributed by atoms with Gasteiger partial charge in [-0.1, -0.05) is 55.6 Å². The molecular formula is C37H37NO6. The lowest BCUT2D eigenvalue weighted by atomic mass is 9.88. The Balaban J connectivity index is 1.64. The summed E-state index contributed by atoms with van der Waals surface area (Å²) in [5, 5.41) is 0. The SMILES string of the molecule is C=CC(=O)OC(C)C(c1ccc(-c2ccc(N(c3ccc(OC)cc3)c3cccc(OC)c3)cc2)cc1)C(C)OC(=O)C=C. The molecule has 0 radical (unpaired) electrons. The maximum atomic E-state index is 11.9. The van der Waals surface area contributed by atoms with E-state index in [0.717, 1.165) is 57.4 Å². The van der Waals surface area contributed by atoms with Crippen molar-refractivity contribution in [3.05, 3.63) is 128 Å².